The highest BCUT2D eigenvalue weighted by Gasteiger charge is 2.32. The smallest absolute Gasteiger partial charge is 0.281 e. The molecule has 0 saturated heterocycles. The van der Waals surface area contributed by atoms with Gasteiger partial charge in [0.2, 0.25) is 10.0 Å². The minimum Gasteiger partial charge on any atom is -0.505 e. The Morgan fingerprint density at radius 2 is 2.00 bits per heavy atom. The zero-order valence-corrected chi connectivity index (χ0v) is 21.4. The van der Waals surface area contributed by atoms with E-state index in [4.69, 9.17) is 0 Å². The summed E-state index contributed by atoms with van der Waals surface area (Å²) in [6, 6.07) is 3.86. The number of fused-ring (bicyclic) bond motifs is 1. The van der Waals surface area contributed by atoms with Crippen LogP contribution in [-0.2, 0) is 33.0 Å². The van der Waals surface area contributed by atoms with Crippen molar-refractivity contribution < 1.29 is 21.9 Å². The van der Waals surface area contributed by atoms with E-state index < -0.39 is 25.6 Å². The first kappa shape index (κ1) is 25.2. The summed E-state index contributed by atoms with van der Waals surface area (Å²) in [5, 5.41) is 15.4. The Morgan fingerprint density at radius 3 is 2.60 bits per heavy atom. The zero-order valence-electron chi connectivity index (χ0n) is 19.8. The number of nitrogens with zero attached hydrogens (tertiary/aromatic N) is 3. The highest BCUT2D eigenvalue weighted by atomic mass is 32.2. The van der Waals surface area contributed by atoms with Crippen molar-refractivity contribution in [2.45, 2.75) is 57.4 Å². The average molecular weight is 524 g/mol. The van der Waals surface area contributed by atoms with Crippen molar-refractivity contribution >= 4 is 37.3 Å². The van der Waals surface area contributed by atoms with Gasteiger partial charge in [-0.2, -0.15) is 5.10 Å². The van der Waals surface area contributed by atoms with E-state index in [1.807, 2.05) is 13.8 Å². The van der Waals surface area contributed by atoms with Gasteiger partial charge >= 0.3 is 0 Å². The molecule has 1 aromatic heterocycles. The van der Waals surface area contributed by atoms with E-state index in [0.717, 1.165) is 31.6 Å². The van der Waals surface area contributed by atoms with Gasteiger partial charge in [-0.05, 0) is 42.9 Å². The first-order valence-corrected chi connectivity index (χ1v) is 14.8. The summed E-state index contributed by atoms with van der Waals surface area (Å²) in [6.45, 7) is 4.36. The molecule has 0 radical (unpaired) electrons. The topological polar surface area (TPSA) is 160 Å². The number of rotatable bonds is 8. The van der Waals surface area contributed by atoms with Crippen LogP contribution in [0.2, 0.25) is 0 Å². The third kappa shape index (κ3) is 5.50. The Balaban J connectivity index is 1.83. The fourth-order valence-electron chi connectivity index (χ4n) is 4.00. The Bertz CT molecular complexity index is 1460. The number of aryl methyl sites for hydroxylation is 1. The Kier molecular flexibility index (Phi) is 6.66. The molecule has 4 rings (SSSR count). The molecule has 0 bridgehead atoms. The van der Waals surface area contributed by atoms with Crippen molar-refractivity contribution in [2.75, 3.05) is 11.0 Å². The van der Waals surface area contributed by atoms with E-state index in [1.165, 1.54) is 16.8 Å². The van der Waals surface area contributed by atoms with Crippen molar-refractivity contribution in [2.24, 2.45) is 16.8 Å². The van der Waals surface area contributed by atoms with Gasteiger partial charge in [0, 0.05) is 12.2 Å². The van der Waals surface area contributed by atoms with Gasteiger partial charge in [-0.1, -0.05) is 33.1 Å². The lowest BCUT2D eigenvalue weighted by Gasteiger charge is -2.26. The van der Waals surface area contributed by atoms with E-state index in [2.05, 4.69) is 19.5 Å². The molecule has 1 saturated carbocycles. The van der Waals surface area contributed by atoms with Gasteiger partial charge in [-0.3, -0.25) is 14.2 Å². The molecule has 1 fully saturated rings. The van der Waals surface area contributed by atoms with E-state index >= 15 is 0 Å². The van der Waals surface area contributed by atoms with Crippen LogP contribution in [0.25, 0.3) is 0 Å². The number of hydrogen-bond acceptors (Lipinski definition) is 8. The average Bonchev–Trinajstić information content (AvgIpc) is 2.70. The van der Waals surface area contributed by atoms with Crippen molar-refractivity contribution in [3.05, 3.63) is 39.8 Å². The highest BCUT2D eigenvalue weighted by Crippen LogP contribution is 2.35. The quantitative estimate of drug-likeness (QED) is 0.477. The molecule has 0 amide bonds. The molecule has 11 nitrogen and oxygen atoms in total. The lowest BCUT2D eigenvalue weighted by Crippen LogP contribution is -2.40. The fourth-order valence-corrected chi connectivity index (χ4v) is 5.74. The van der Waals surface area contributed by atoms with Gasteiger partial charge in [0.25, 0.3) is 15.6 Å². The van der Waals surface area contributed by atoms with Gasteiger partial charge in [0.15, 0.2) is 11.6 Å². The summed E-state index contributed by atoms with van der Waals surface area (Å²) in [6.07, 6.45) is 5.23. The van der Waals surface area contributed by atoms with Crippen molar-refractivity contribution in [1.82, 2.24) is 14.5 Å². The van der Waals surface area contributed by atoms with Crippen LogP contribution in [0.4, 0.5) is 11.4 Å². The fraction of sp³-hybridized carbons (Fsp3) is 0.500. The maximum Gasteiger partial charge on any atom is 0.281 e. The number of anilines is 1. The summed E-state index contributed by atoms with van der Waals surface area (Å²) >= 11 is 0. The van der Waals surface area contributed by atoms with Gasteiger partial charge in [0.1, 0.15) is 16.2 Å². The monoisotopic (exact) mass is 523 g/mol. The van der Waals surface area contributed by atoms with Crippen LogP contribution in [0, 0.1) is 11.8 Å². The Labute approximate surface area is 204 Å². The first-order valence-electron chi connectivity index (χ1n) is 11.4. The van der Waals surface area contributed by atoms with E-state index in [1.54, 1.807) is 0 Å². The number of hydrogen-bond donors (Lipinski definition) is 3. The van der Waals surface area contributed by atoms with Crippen molar-refractivity contribution in [1.29, 1.82) is 0 Å². The SMILES string of the molecule is CC(C)CCn1nc(CC2CCC2)c(O)c(C2=Nc3ccc(NS(C)(=O)=O)cc3S(=O)(=O)N2)c1=O. The summed E-state index contributed by atoms with van der Waals surface area (Å²) in [4.78, 5) is 17.4. The Morgan fingerprint density at radius 1 is 1.29 bits per heavy atom. The first-order chi connectivity index (χ1) is 16.3. The predicted octanol–water partition coefficient (Wildman–Crippen LogP) is 2.08. The van der Waals surface area contributed by atoms with Crippen molar-refractivity contribution in [3.63, 3.8) is 0 Å². The molecule has 0 atom stereocenters. The summed E-state index contributed by atoms with van der Waals surface area (Å²) in [5.41, 5.74) is -0.469. The van der Waals surface area contributed by atoms with Crippen LogP contribution < -0.4 is 15.0 Å². The minimum atomic E-state index is -4.21. The second-order valence-corrected chi connectivity index (χ2v) is 12.9. The summed E-state index contributed by atoms with van der Waals surface area (Å²) in [5.74, 6) is -0.00528. The van der Waals surface area contributed by atoms with Gasteiger partial charge in [-0.15, -0.1) is 0 Å². The van der Waals surface area contributed by atoms with Gasteiger partial charge in [0.05, 0.1) is 11.9 Å². The second-order valence-electron chi connectivity index (χ2n) is 9.50. The summed E-state index contributed by atoms with van der Waals surface area (Å²) in [7, 11) is -7.83. The molecule has 0 unspecified atom stereocenters. The lowest BCUT2D eigenvalue weighted by molar-refractivity contribution is 0.303. The molecule has 13 heteroatoms. The molecule has 1 aromatic carbocycles. The lowest BCUT2D eigenvalue weighted by atomic mass is 9.82. The normalized spacial score (nSPS) is 17.3. The third-order valence-corrected chi connectivity index (χ3v) is 8.05. The number of amidine groups is 1. The van der Waals surface area contributed by atoms with Crippen LogP contribution in [-0.4, -0.2) is 43.8 Å². The van der Waals surface area contributed by atoms with Crippen LogP contribution in [0.1, 0.15) is 50.8 Å². The number of sulfonamides is 2. The Hall–Kier alpha value is -2.93. The largest absolute Gasteiger partial charge is 0.505 e. The van der Waals surface area contributed by atoms with Crippen LogP contribution >= 0.6 is 0 Å². The van der Waals surface area contributed by atoms with E-state index in [-0.39, 0.29) is 33.4 Å². The molecule has 3 N–H and O–H groups in total. The molecule has 0 spiro atoms. The van der Waals surface area contributed by atoms with Crippen LogP contribution in [0.5, 0.6) is 5.75 Å². The number of aromatic hydroxyl groups is 1. The van der Waals surface area contributed by atoms with Crippen LogP contribution in [0.15, 0.2) is 32.9 Å². The maximum absolute atomic E-state index is 13.3. The molecular formula is C22H29N5O6S2. The number of nitrogens with one attached hydrogen (secondary N) is 2. The highest BCUT2D eigenvalue weighted by molar-refractivity contribution is 7.92. The van der Waals surface area contributed by atoms with E-state index in [9.17, 15) is 26.7 Å². The number of benzene rings is 1. The second kappa shape index (κ2) is 9.26. The molecular weight excluding hydrogens is 494 g/mol. The molecule has 1 aliphatic carbocycles. The maximum atomic E-state index is 13.3. The summed E-state index contributed by atoms with van der Waals surface area (Å²) < 4.78 is 54.9. The molecule has 35 heavy (non-hydrogen) atoms. The molecule has 2 aromatic rings. The number of aromatic nitrogens is 2. The van der Waals surface area contributed by atoms with E-state index in [0.29, 0.717) is 36.9 Å². The predicted molar refractivity (Wildman–Crippen MR) is 132 cm³/mol. The minimum absolute atomic E-state index is 0.0164. The molecule has 190 valence electrons. The van der Waals surface area contributed by atoms with Crippen LogP contribution in [0.3, 0.4) is 0 Å². The standard InChI is InChI=1S/C22H29N5O6S2/c1-13(2)9-10-27-22(29)19(20(28)17(24-27)11-14-5-4-6-14)21-23-16-8-7-15(25-34(3,30)31)12-18(16)35(32,33)26-21/h7-8,12-14,25,28H,4-6,9-11H2,1-3H3,(H,23,26). The zero-order chi connectivity index (χ0) is 25.5. The number of aliphatic imine (C=N–C) groups is 1. The van der Waals surface area contributed by atoms with Gasteiger partial charge in [-0.25, -0.2) is 26.5 Å². The molecule has 2 aliphatic rings. The molecule has 2 heterocycles. The third-order valence-electron chi connectivity index (χ3n) is 6.08. The molecule has 1 aliphatic heterocycles. The van der Waals surface area contributed by atoms with Gasteiger partial charge < -0.3 is 5.11 Å². The van der Waals surface area contributed by atoms with Crippen molar-refractivity contribution in [3.8, 4) is 5.75 Å².